The van der Waals surface area contributed by atoms with E-state index in [1.54, 1.807) is 0 Å². The van der Waals surface area contributed by atoms with E-state index in [0.717, 1.165) is 0 Å². The van der Waals surface area contributed by atoms with Gasteiger partial charge in [-0.2, -0.15) is 0 Å². The topological polar surface area (TPSA) is 6.25 Å². The summed E-state index contributed by atoms with van der Waals surface area (Å²) in [5.74, 6) is 0. The molecule has 1 rings (SSSR count). The fourth-order valence-corrected chi connectivity index (χ4v) is 1.32. The van der Waals surface area contributed by atoms with Gasteiger partial charge in [0.25, 0.3) is 0 Å². The average molecular weight is 191 g/mol. The average Bonchev–Trinajstić information content (AvgIpc) is 2.33. The number of nitrogens with zero attached hydrogens (tertiary/aromatic N) is 2. The largest absolute Gasteiger partial charge is 1.00 e. The van der Waals surface area contributed by atoms with Gasteiger partial charge in [-0.15, -0.1) is 0 Å². The maximum atomic E-state index is 2.39. The molecular weight excluding hydrogens is 172 g/mol. The first kappa shape index (κ1) is 11.8. The van der Waals surface area contributed by atoms with Crippen molar-refractivity contribution in [1.82, 2.24) is 4.90 Å². The molecule has 0 unspecified atom stereocenters. The molecule has 0 aromatic rings. The van der Waals surface area contributed by atoms with Crippen molar-refractivity contribution in [3.05, 3.63) is 0 Å². The summed E-state index contributed by atoms with van der Waals surface area (Å²) in [4.78, 5) is 2.39. The Kier molecular flexibility index (Phi) is 4.61. The van der Waals surface area contributed by atoms with Gasteiger partial charge in [0.15, 0.2) is 0 Å². The first-order chi connectivity index (χ1) is 5.11. The second-order valence-electron chi connectivity index (χ2n) is 3.78. The standard InChI is InChI=1S/C9H19N2.ClH/c1-8(2)10-5-6-11(7-10)9(3)4;/h7-9H,5-6H2,1-4H3;1H/q+1;/p-1. The molecule has 3 heteroatoms. The first-order valence-corrected chi connectivity index (χ1v) is 4.47. The molecule has 0 aromatic heterocycles. The van der Waals surface area contributed by atoms with Crippen LogP contribution >= 0.6 is 0 Å². The summed E-state index contributed by atoms with van der Waals surface area (Å²) in [5, 5.41) is 0. The predicted octanol–water partition coefficient (Wildman–Crippen LogP) is -1.84. The molecule has 12 heavy (non-hydrogen) atoms. The van der Waals surface area contributed by atoms with E-state index in [9.17, 15) is 0 Å². The minimum absolute atomic E-state index is 0. The van der Waals surface area contributed by atoms with Crippen molar-refractivity contribution in [3.63, 3.8) is 0 Å². The summed E-state index contributed by atoms with van der Waals surface area (Å²) < 4.78 is 2.39. The Hall–Kier alpha value is -0.240. The number of hydrogen-bond donors (Lipinski definition) is 0. The molecule has 1 heterocycles. The Balaban J connectivity index is 0.00000121. The SMILES string of the molecule is CC(C)N1C=[N+](C(C)C)CC1.[Cl-]. The fraction of sp³-hybridized carbons (Fsp3) is 0.889. The van der Waals surface area contributed by atoms with E-state index in [2.05, 4.69) is 43.5 Å². The smallest absolute Gasteiger partial charge is 0.234 e. The van der Waals surface area contributed by atoms with Gasteiger partial charge >= 0.3 is 0 Å². The van der Waals surface area contributed by atoms with E-state index in [4.69, 9.17) is 0 Å². The monoisotopic (exact) mass is 190 g/mol. The molecule has 0 aliphatic carbocycles. The second-order valence-corrected chi connectivity index (χ2v) is 3.78. The Morgan fingerprint density at radius 1 is 1.25 bits per heavy atom. The van der Waals surface area contributed by atoms with Crippen molar-refractivity contribution in [3.8, 4) is 0 Å². The summed E-state index contributed by atoms with van der Waals surface area (Å²) in [6.45, 7) is 11.3. The molecule has 0 amide bonds. The van der Waals surface area contributed by atoms with Gasteiger partial charge in [-0.1, -0.05) is 0 Å². The van der Waals surface area contributed by atoms with Gasteiger partial charge in [-0.05, 0) is 27.7 Å². The van der Waals surface area contributed by atoms with E-state index in [-0.39, 0.29) is 12.4 Å². The van der Waals surface area contributed by atoms with Crippen LogP contribution in [0.5, 0.6) is 0 Å². The normalized spacial score (nSPS) is 16.8. The molecule has 0 N–H and O–H groups in total. The number of rotatable bonds is 2. The van der Waals surface area contributed by atoms with E-state index in [0.29, 0.717) is 12.1 Å². The summed E-state index contributed by atoms with van der Waals surface area (Å²) in [7, 11) is 0. The summed E-state index contributed by atoms with van der Waals surface area (Å²) in [5.41, 5.74) is 0. The van der Waals surface area contributed by atoms with E-state index >= 15 is 0 Å². The van der Waals surface area contributed by atoms with Gasteiger partial charge in [-0.25, -0.2) is 0 Å². The molecule has 0 fully saturated rings. The molecule has 1 aliphatic heterocycles. The number of halogens is 1. The lowest BCUT2D eigenvalue weighted by molar-refractivity contribution is -0.545. The lowest BCUT2D eigenvalue weighted by Crippen LogP contribution is -3.00. The maximum Gasteiger partial charge on any atom is 0.234 e. The zero-order valence-electron chi connectivity index (χ0n) is 8.42. The van der Waals surface area contributed by atoms with Crippen LogP contribution in [0.2, 0.25) is 0 Å². The zero-order chi connectivity index (χ0) is 8.43. The highest BCUT2D eigenvalue weighted by molar-refractivity contribution is 5.50. The van der Waals surface area contributed by atoms with Crippen LogP contribution in [-0.4, -0.2) is 41.0 Å². The van der Waals surface area contributed by atoms with Gasteiger partial charge in [0, 0.05) is 0 Å². The minimum atomic E-state index is 0. The van der Waals surface area contributed by atoms with Crippen molar-refractivity contribution in [2.24, 2.45) is 0 Å². The predicted molar refractivity (Wildman–Crippen MR) is 48.2 cm³/mol. The third-order valence-corrected chi connectivity index (χ3v) is 2.24. The highest BCUT2D eigenvalue weighted by Gasteiger charge is 2.22. The van der Waals surface area contributed by atoms with Crippen LogP contribution in [0, 0.1) is 0 Å². The molecule has 0 saturated carbocycles. The van der Waals surface area contributed by atoms with Crippen molar-refractivity contribution >= 4 is 6.34 Å². The zero-order valence-corrected chi connectivity index (χ0v) is 9.17. The van der Waals surface area contributed by atoms with Gasteiger partial charge in [0.1, 0.15) is 13.1 Å². The van der Waals surface area contributed by atoms with E-state index in [1.807, 2.05) is 0 Å². The fourth-order valence-electron chi connectivity index (χ4n) is 1.32. The van der Waals surface area contributed by atoms with Crippen LogP contribution in [-0.2, 0) is 0 Å². The van der Waals surface area contributed by atoms with Gasteiger partial charge in [0.2, 0.25) is 6.34 Å². The minimum Gasteiger partial charge on any atom is -1.00 e. The molecule has 2 nitrogen and oxygen atoms in total. The van der Waals surface area contributed by atoms with Gasteiger partial charge in [0.05, 0.1) is 12.1 Å². The Bertz CT molecular complexity index is 164. The summed E-state index contributed by atoms with van der Waals surface area (Å²) >= 11 is 0. The van der Waals surface area contributed by atoms with Crippen molar-refractivity contribution in [2.45, 2.75) is 39.8 Å². The highest BCUT2D eigenvalue weighted by Crippen LogP contribution is 2.02. The maximum absolute atomic E-state index is 2.39. The summed E-state index contributed by atoms with van der Waals surface area (Å²) in [6, 6.07) is 1.30. The van der Waals surface area contributed by atoms with Gasteiger partial charge < -0.3 is 12.4 Å². The molecule has 0 atom stereocenters. The van der Waals surface area contributed by atoms with Crippen molar-refractivity contribution < 1.29 is 17.0 Å². The molecule has 0 spiro atoms. The molecule has 0 radical (unpaired) electrons. The van der Waals surface area contributed by atoms with Crippen LogP contribution in [0.15, 0.2) is 0 Å². The second kappa shape index (κ2) is 4.70. The van der Waals surface area contributed by atoms with Crippen LogP contribution in [0.4, 0.5) is 0 Å². The van der Waals surface area contributed by atoms with Crippen molar-refractivity contribution in [1.29, 1.82) is 0 Å². The van der Waals surface area contributed by atoms with Crippen LogP contribution in [0.3, 0.4) is 0 Å². The molecule has 1 aliphatic rings. The molecule has 0 aromatic carbocycles. The lowest BCUT2D eigenvalue weighted by atomic mass is 10.3. The number of hydrogen-bond acceptors (Lipinski definition) is 1. The van der Waals surface area contributed by atoms with Crippen LogP contribution < -0.4 is 12.4 Å². The quantitative estimate of drug-likeness (QED) is 0.465. The highest BCUT2D eigenvalue weighted by atomic mass is 35.5. The van der Waals surface area contributed by atoms with E-state index in [1.165, 1.54) is 13.1 Å². The first-order valence-electron chi connectivity index (χ1n) is 4.47. The Labute approximate surface area is 81.7 Å². The van der Waals surface area contributed by atoms with Crippen LogP contribution in [0.1, 0.15) is 27.7 Å². The summed E-state index contributed by atoms with van der Waals surface area (Å²) in [6.07, 6.45) is 2.26. The Morgan fingerprint density at radius 2 is 1.83 bits per heavy atom. The molecule has 0 saturated heterocycles. The lowest BCUT2D eigenvalue weighted by Gasteiger charge is -2.09. The third kappa shape index (κ3) is 2.67. The third-order valence-electron chi connectivity index (χ3n) is 2.24. The van der Waals surface area contributed by atoms with E-state index < -0.39 is 0 Å². The van der Waals surface area contributed by atoms with Crippen LogP contribution in [0.25, 0.3) is 0 Å². The molecule has 0 bridgehead atoms. The molecule has 72 valence electrons. The van der Waals surface area contributed by atoms with Crippen molar-refractivity contribution in [2.75, 3.05) is 13.1 Å². The Morgan fingerprint density at radius 3 is 2.08 bits per heavy atom. The molecular formula is C9H19ClN2. The van der Waals surface area contributed by atoms with Gasteiger partial charge in [-0.3, -0.25) is 9.48 Å².